The zero-order valence-electron chi connectivity index (χ0n) is 37.9. The van der Waals surface area contributed by atoms with Gasteiger partial charge in [-0.15, -0.1) is 0 Å². The molecule has 0 aliphatic rings. The first kappa shape index (κ1) is 61.3. The molecule has 0 bridgehead atoms. The van der Waals surface area contributed by atoms with Gasteiger partial charge in [0, 0.05) is 36.4 Å². The lowest BCUT2D eigenvalue weighted by Gasteiger charge is -2.23. The molecule has 0 aliphatic carbocycles. The summed E-state index contributed by atoms with van der Waals surface area (Å²) in [6.07, 6.45) is 1.36. The van der Waals surface area contributed by atoms with Crippen molar-refractivity contribution in [3.63, 3.8) is 0 Å². The van der Waals surface area contributed by atoms with Crippen LogP contribution in [-0.2, 0) is 14.6 Å². The van der Waals surface area contributed by atoms with Crippen molar-refractivity contribution in [3.05, 3.63) is 0 Å². The smallest absolute Gasteiger partial charge is 0.252 e. The Morgan fingerprint density at radius 3 is 0.800 bits per heavy atom. The Bertz CT molecular complexity index is 875. The minimum absolute atomic E-state index is 0.204. The van der Waals surface area contributed by atoms with E-state index < -0.39 is 27.6 Å². The number of aliphatic imine (C=N–C) groups is 1. The maximum atomic E-state index is 12.7. The number of hydrogen-bond acceptors (Lipinski definition) is 5. The molecule has 8 heteroatoms. The van der Waals surface area contributed by atoms with Gasteiger partial charge in [-0.25, -0.2) is 17.2 Å². The van der Waals surface area contributed by atoms with Crippen LogP contribution in [0.3, 0.4) is 0 Å². The number of ketones is 1. The van der Waals surface area contributed by atoms with Gasteiger partial charge < -0.3 is 0 Å². The second-order valence-corrected chi connectivity index (χ2v) is 20.6. The van der Waals surface area contributed by atoms with E-state index in [0.29, 0.717) is 29.5 Å². The summed E-state index contributed by atoms with van der Waals surface area (Å²) in [5.41, 5.74) is 1.31. The van der Waals surface area contributed by atoms with Gasteiger partial charge in [-0.3, -0.25) is 9.79 Å². The highest BCUT2D eigenvalue weighted by Gasteiger charge is 2.36. The highest BCUT2D eigenvalue weighted by Crippen LogP contribution is 2.31. The zero-order chi connectivity index (χ0) is 42.1. The third-order valence-corrected chi connectivity index (χ3v) is 11.1. The van der Waals surface area contributed by atoms with Crippen molar-refractivity contribution in [2.75, 3.05) is 7.05 Å². The number of sulfone groups is 1. The number of thiocarbonyl (C=S) groups is 1. The van der Waals surface area contributed by atoms with Gasteiger partial charge in [-0.1, -0.05) is 151 Å². The van der Waals surface area contributed by atoms with Crippen LogP contribution in [0.2, 0.25) is 0 Å². The van der Waals surface area contributed by atoms with E-state index in [0.717, 1.165) is 11.8 Å². The molecule has 50 heavy (non-hydrogen) atoms. The molecule has 0 aromatic rings. The van der Waals surface area contributed by atoms with Gasteiger partial charge in [0.05, 0.1) is 10.5 Å². The van der Waals surface area contributed by atoms with Gasteiger partial charge >= 0.3 is 0 Å². The SMILES string of the molecule is CC(C)C(=O)C(C)C.CC(C)C(=S)C(C)C.CC(C)C(F)(F)C(C)C.CC(C)CC(C)C.CC(C)S(=O)(=O)C(C)C.CN=C(C(C)C)C(C)C. The molecule has 0 saturated carbocycles. The normalized spacial score (nSPS) is 11.7. The van der Waals surface area contributed by atoms with E-state index in [1.807, 2.05) is 34.7 Å². The molecule has 0 amide bonds. The van der Waals surface area contributed by atoms with E-state index in [4.69, 9.17) is 12.2 Å². The fourth-order valence-electron chi connectivity index (χ4n) is 4.67. The molecule has 0 spiro atoms. The molecule has 0 aromatic carbocycles. The van der Waals surface area contributed by atoms with Gasteiger partial charge in [0.25, 0.3) is 5.92 Å². The Kier molecular flexibility index (Phi) is 38.9. The Hall–Kier alpha value is -0.760. The number of carbonyl (C=O) groups is 1. The first-order valence-corrected chi connectivity index (χ1v) is 21.3. The Morgan fingerprint density at radius 2 is 0.800 bits per heavy atom. The lowest BCUT2D eigenvalue weighted by molar-refractivity contribution is -0.124. The lowest BCUT2D eigenvalue weighted by Crippen LogP contribution is -2.29. The van der Waals surface area contributed by atoms with E-state index >= 15 is 0 Å². The largest absolute Gasteiger partial charge is 0.299 e. The molecule has 0 unspecified atom stereocenters. The highest BCUT2D eigenvalue weighted by molar-refractivity contribution is 7.92. The molecule has 306 valence electrons. The van der Waals surface area contributed by atoms with Crippen molar-refractivity contribution >= 4 is 38.4 Å². The van der Waals surface area contributed by atoms with Crippen LogP contribution >= 0.6 is 12.2 Å². The molecule has 4 nitrogen and oxygen atoms in total. The summed E-state index contributed by atoms with van der Waals surface area (Å²) in [6, 6.07) is 0. The average Bonchev–Trinajstić information content (AvgIpc) is 2.92. The molecule has 0 heterocycles. The Labute approximate surface area is 319 Å². The van der Waals surface area contributed by atoms with Crippen LogP contribution in [0.4, 0.5) is 8.78 Å². The summed E-state index contributed by atoms with van der Waals surface area (Å²) in [6.45, 7) is 47.1. The van der Waals surface area contributed by atoms with Crippen molar-refractivity contribution in [1.82, 2.24) is 0 Å². The standard InChI is InChI=1S/C8H17N.C7H14F2.C7H14O.C7H14S.C7H16.C6H14O2S/c1-6(2)8(9-5)7(3)4;1-5(2)7(8,9)6(3)4;2*1-5(2)7(8)6(3)4;1-6(2)5-7(3)4;1-5(2)9(7,8)6(3)4/h6-7H,1-5H3;5-6H,1-4H3;2*5-6H,1-4H3;6-7H,5H2,1-4H3;5-6H,1-4H3. The molecular formula is C42H89F2NO3S2. The van der Waals surface area contributed by atoms with Gasteiger partial charge in [-0.2, -0.15) is 0 Å². The van der Waals surface area contributed by atoms with Gasteiger partial charge in [0.15, 0.2) is 9.84 Å². The van der Waals surface area contributed by atoms with Gasteiger partial charge in [0.2, 0.25) is 0 Å². The van der Waals surface area contributed by atoms with Crippen molar-refractivity contribution in [3.8, 4) is 0 Å². The van der Waals surface area contributed by atoms with Crippen molar-refractivity contribution < 1.29 is 22.0 Å². The van der Waals surface area contributed by atoms with E-state index in [1.54, 1.807) is 55.4 Å². The molecule has 0 saturated heterocycles. The second-order valence-electron chi connectivity index (χ2n) is 17.1. The fraction of sp³-hybridized carbons (Fsp3) is 0.929. The van der Waals surface area contributed by atoms with E-state index in [2.05, 4.69) is 88.1 Å². The van der Waals surface area contributed by atoms with E-state index in [1.165, 1.54) is 17.0 Å². The van der Waals surface area contributed by atoms with E-state index in [-0.39, 0.29) is 22.3 Å². The summed E-state index contributed by atoms with van der Waals surface area (Å²) >= 11 is 5.10. The number of rotatable bonds is 12. The molecule has 0 rings (SSSR count). The highest BCUT2D eigenvalue weighted by atomic mass is 32.2. The zero-order valence-corrected chi connectivity index (χ0v) is 39.5. The monoisotopic (exact) mass is 758 g/mol. The predicted molar refractivity (Wildman–Crippen MR) is 228 cm³/mol. The number of nitrogens with zero attached hydrogens (tertiary/aromatic N) is 1. The van der Waals surface area contributed by atoms with Crippen LogP contribution < -0.4 is 0 Å². The molecular weight excluding hydrogens is 669 g/mol. The maximum Gasteiger partial charge on any atom is 0.252 e. The van der Waals surface area contributed by atoms with Crippen molar-refractivity contribution in [1.29, 1.82) is 0 Å². The van der Waals surface area contributed by atoms with Crippen LogP contribution in [0, 0.1) is 59.2 Å². The second kappa shape index (κ2) is 31.7. The van der Waals surface area contributed by atoms with Gasteiger partial charge in [0.1, 0.15) is 5.78 Å². The van der Waals surface area contributed by atoms with Crippen molar-refractivity contribution in [2.45, 2.75) is 189 Å². The van der Waals surface area contributed by atoms with E-state index in [9.17, 15) is 22.0 Å². The third-order valence-electron chi connectivity index (χ3n) is 7.51. The molecule has 0 aliphatic heterocycles. The number of Topliss-reactive ketones (excluding diaryl/α,β-unsaturated/α-hetero) is 1. The number of halogens is 2. The number of carbonyl (C=O) groups excluding carboxylic acids is 1. The number of hydrogen-bond donors (Lipinski definition) is 0. The van der Waals surface area contributed by atoms with Crippen LogP contribution in [-0.4, -0.2) is 48.2 Å². The Balaban J connectivity index is -0.000000116. The van der Waals surface area contributed by atoms with Crippen LogP contribution in [0.5, 0.6) is 0 Å². The average molecular weight is 758 g/mol. The summed E-state index contributed by atoms with van der Waals surface area (Å²) < 4.78 is 47.4. The van der Waals surface area contributed by atoms with Gasteiger partial charge in [-0.05, 0) is 74.5 Å². The third kappa shape index (κ3) is 35.6. The summed E-state index contributed by atoms with van der Waals surface area (Å²) in [5.74, 6) is 1.28. The molecule has 0 N–H and O–H groups in total. The van der Waals surface area contributed by atoms with Crippen molar-refractivity contribution in [2.24, 2.45) is 64.2 Å². The quantitative estimate of drug-likeness (QED) is 0.147. The fourth-order valence-corrected chi connectivity index (χ4v) is 5.76. The van der Waals surface area contributed by atoms with Crippen LogP contribution in [0.1, 0.15) is 173 Å². The summed E-state index contributed by atoms with van der Waals surface area (Å²) in [7, 11) is -0.944. The molecule has 0 fully saturated rings. The maximum absolute atomic E-state index is 12.7. The minimum Gasteiger partial charge on any atom is -0.299 e. The summed E-state index contributed by atoms with van der Waals surface area (Å²) in [5, 5.41) is -0.477. The van der Waals surface area contributed by atoms with Crippen LogP contribution in [0.25, 0.3) is 0 Å². The Morgan fingerprint density at radius 1 is 0.540 bits per heavy atom. The predicted octanol–water partition coefficient (Wildman–Crippen LogP) is 13.7. The molecule has 0 atom stereocenters. The summed E-state index contributed by atoms with van der Waals surface area (Å²) in [4.78, 5) is 16.2. The topological polar surface area (TPSA) is 63.6 Å². The number of alkyl halides is 2. The lowest BCUT2D eigenvalue weighted by atomic mass is 9.95. The molecule has 0 radical (unpaired) electrons. The van der Waals surface area contributed by atoms with Crippen LogP contribution in [0.15, 0.2) is 4.99 Å². The minimum atomic E-state index is -2.81. The molecule has 0 aromatic heterocycles. The first-order chi connectivity index (χ1) is 22.1. The first-order valence-electron chi connectivity index (χ1n) is 19.2.